The second kappa shape index (κ2) is 26.6. The second-order valence-corrected chi connectivity index (χ2v) is 24.5. The Labute approximate surface area is 481 Å². The van der Waals surface area contributed by atoms with Crippen LogP contribution in [0.1, 0.15) is 144 Å². The van der Waals surface area contributed by atoms with Crippen molar-refractivity contribution in [3.05, 3.63) is 94.8 Å². The minimum absolute atomic E-state index is 0.0439. The summed E-state index contributed by atoms with van der Waals surface area (Å²) in [4.78, 5) is 113. The van der Waals surface area contributed by atoms with Crippen LogP contribution in [0.2, 0.25) is 0 Å². The number of β-lactam (4-membered cyclic amide) rings is 1. The first-order valence-electron chi connectivity index (χ1n) is 26.9. The summed E-state index contributed by atoms with van der Waals surface area (Å²) in [5.74, 6) is -2.27. The van der Waals surface area contributed by atoms with Crippen molar-refractivity contribution in [3.63, 3.8) is 0 Å². The van der Waals surface area contributed by atoms with Crippen LogP contribution in [0, 0.1) is 0 Å². The van der Waals surface area contributed by atoms with Gasteiger partial charge in [-0.25, -0.2) is 33.9 Å². The smallest absolute Gasteiger partial charge is 0.437 e. The van der Waals surface area contributed by atoms with Gasteiger partial charge in [0, 0.05) is 38.4 Å². The largest absolute Gasteiger partial charge is 0.450 e. The van der Waals surface area contributed by atoms with Crippen LogP contribution in [0.4, 0.5) is 24.3 Å². The summed E-state index contributed by atoms with van der Waals surface area (Å²) in [5.41, 5.74) is -3.70. The number of nitrogens with zero attached hydrogens (tertiary/aromatic N) is 8. The Morgan fingerprint density at radius 1 is 0.817 bits per heavy atom. The van der Waals surface area contributed by atoms with Gasteiger partial charge in [0.2, 0.25) is 17.5 Å². The standard InChI is InChI=1S/C56H76N12O13S/c1-52(2,3)77-48(72)57-29-22-30-67(51(75)80-55(10,11)12)47(63-50(74)79-54(7,8)9)66(13)32-37-31-58-68(64-37)33-38-40(43(69)59-38)61-44(70)41(39-34-82-46(60-39)62-49(73)78-53(4,5)6)65-81-56(27-20-21-28-56)45(71)76-42(35-23-16-14-17-24-35)36-25-18-15-19-26-36/h14-19,23-26,31,34,38,40,42H,20-22,27-30,32-33H2,1-13H3,(H,57,72)(H,59,69)(H,61,70)(H,60,62,73)/b63-47?,65-41-/t38-,40+/m1/s1. The number of aliphatic imine (C=N–C) groups is 1. The van der Waals surface area contributed by atoms with E-state index in [1.807, 2.05) is 60.7 Å². The lowest BCUT2D eigenvalue weighted by Gasteiger charge is -2.36. The van der Waals surface area contributed by atoms with Gasteiger partial charge in [-0.05, 0) is 113 Å². The molecule has 0 unspecified atom stereocenters. The molecule has 1 aliphatic carbocycles. The maximum Gasteiger partial charge on any atom is 0.437 e. The van der Waals surface area contributed by atoms with Crippen molar-refractivity contribution < 1.29 is 62.1 Å². The highest BCUT2D eigenvalue weighted by molar-refractivity contribution is 7.14. The molecule has 2 aliphatic rings. The molecule has 82 heavy (non-hydrogen) atoms. The Balaban J connectivity index is 1.22. The van der Waals surface area contributed by atoms with Gasteiger partial charge >= 0.3 is 30.3 Å². The number of nitrogens with one attached hydrogen (secondary N) is 4. The van der Waals surface area contributed by atoms with Crippen molar-refractivity contribution in [2.24, 2.45) is 10.1 Å². The number of hydrogen-bond donors (Lipinski definition) is 4. The first-order valence-corrected chi connectivity index (χ1v) is 27.8. The van der Waals surface area contributed by atoms with E-state index in [0.29, 0.717) is 18.5 Å². The highest BCUT2D eigenvalue weighted by Gasteiger charge is 2.48. The summed E-state index contributed by atoms with van der Waals surface area (Å²) in [6.45, 7) is 20.3. The molecule has 2 atom stereocenters. The molecule has 0 spiro atoms. The fraction of sp³-hybridized carbons (Fsp3) is 0.536. The lowest BCUT2D eigenvalue weighted by molar-refractivity contribution is -0.176. The predicted octanol–water partition coefficient (Wildman–Crippen LogP) is 8.01. The Bertz CT molecular complexity index is 2910. The Hall–Kier alpha value is -8.16. The molecule has 6 amide bonds. The third kappa shape index (κ3) is 19.0. The van der Waals surface area contributed by atoms with Crippen molar-refractivity contribution in [2.75, 3.05) is 25.5 Å². The third-order valence-electron chi connectivity index (χ3n) is 11.7. The molecule has 4 N–H and O–H groups in total. The summed E-state index contributed by atoms with van der Waals surface area (Å²) < 4.78 is 28.3. The monoisotopic (exact) mass is 1160 g/mol. The van der Waals surface area contributed by atoms with Gasteiger partial charge < -0.3 is 49.4 Å². The molecule has 1 aliphatic heterocycles. The molecule has 444 valence electrons. The molecule has 2 aromatic heterocycles. The van der Waals surface area contributed by atoms with Gasteiger partial charge in [-0.2, -0.15) is 15.0 Å². The number of benzene rings is 2. The second-order valence-electron chi connectivity index (χ2n) is 23.6. The van der Waals surface area contributed by atoms with Crippen molar-refractivity contribution in [1.29, 1.82) is 0 Å². The average Bonchev–Trinajstić information content (AvgIpc) is 4.23. The lowest BCUT2D eigenvalue weighted by atomic mass is 9.98. The fourth-order valence-corrected chi connectivity index (χ4v) is 8.93. The average molecular weight is 1160 g/mol. The van der Waals surface area contributed by atoms with Crippen LogP contribution in [0.25, 0.3) is 0 Å². The van der Waals surface area contributed by atoms with E-state index in [0.717, 1.165) is 27.4 Å². The molecule has 0 bridgehead atoms. The van der Waals surface area contributed by atoms with Crippen LogP contribution in [-0.4, -0.2) is 144 Å². The molecule has 25 nitrogen and oxygen atoms in total. The number of carbonyl (C=O) groups excluding carboxylic acids is 7. The van der Waals surface area contributed by atoms with Gasteiger partial charge in [-0.15, -0.1) is 16.3 Å². The zero-order valence-electron chi connectivity index (χ0n) is 48.8. The van der Waals surface area contributed by atoms with Gasteiger partial charge in [-0.1, -0.05) is 65.8 Å². The van der Waals surface area contributed by atoms with Crippen LogP contribution < -0.4 is 21.3 Å². The van der Waals surface area contributed by atoms with Crippen LogP contribution in [0.15, 0.2) is 82.4 Å². The van der Waals surface area contributed by atoms with E-state index < -0.39 is 94.1 Å². The van der Waals surface area contributed by atoms with Crippen LogP contribution in [0.3, 0.4) is 0 Å². The van der Waals surface area contributed by atoms with E-state index in [-0.39, 0.29) is 62.2 Å². The van der Waals surface area contributed by atoms with Gasteiger partial charge in [0.15, 0.2) is 16.9 Å². The topological polar surface area (TPSA) is 298 Å². The Morgan fingerprint density at radius 2 is 1.40 bits per heavy atom. The van der Waals surface area contributed by atoms with E-state index in [4.69, 9.17) is 28.5 Å². The number of aromatic nitrogens is 4. The molecular formula is C56H76N12O13S. The van der Waals surface area contributed by atoms with Gasteiger partial charge in [-0.3, -0.25) is 14.9 Å². The van der Waals surface area contributed by atoms with Crippen LogP contribution >= 0.6 is 11.3 Å². The molecule has 2 aromatic carbocycles. The molecule has 4 aromatic rings. The number of thiazole rings is 1. The minimum atomic E-state index is -1.61. The molecule has 0 radical (unpaired) electrons. The fourth-order valence-electron chi connectivity index (χ4n) is 8.25. The van der Waals surface area contributed by atoms with Crippen molar-refractivity contribution in [2.45, 2.75) is 174 Å². The molecule has 26 heteroatoms. The predicted molar refractivity (Wildman–Crippen MR) is 302 cm³/mol. The molecule has 1 saturated carbocycles. The van der Waals surface area contributed by atoms with E-state index in [1.165, 1.54) is 21.3 Å². The van der Waals surface area contributed by atoms with E-state index in [2.05, 4.69) is 46.6 Å². The first kappa shape index (κ1) is 63.0. The van der Waals surface area contributed by atoms with E-state index >= 15 is 0 Å². The molecule has 3 heterocycles. The normalized spacial score (nSPS) is 16.4. The highest BCUT2D eigenvalue weighted by atomic mass is 32.1. The number of amides is 6. The Kier molecular flexibility index (Phi) is 20.5. The van der Waals surface area contributed by atoms with Crippen LogP contribution in [0.5, 0.6) is 0 Å². The molecule has 1 saturated heterocycles. The number of esters is 1. The summed E-state index contributed by atoms with van der Waals surface area (Å²) >= 11 is 0.975. The number of guanidine groups is 1. The maximum atomic E-state index is 14.5. The van der Waals surface area contributed by atoms with Gasteiger partial charge in [0.1, 0.15) is 39.8 Å². The number of alkyl carbamates (subject to hydrolysis) is 1. The molecule has 6 rings (SSSR count). The lowest BCUT2D eigenvalue weighted by Crippen LogP contribution is -2.70. The number of hydrogen-bond acceptors (Lipinski definition) is 18. The van der Waals surface area contributed by atoms with Gasteiger partial charge in [0.25, 0.3) is 5.91 Å². The van der Waals surface area contributed by atoms with Crippen molar-refractivity contribution >= 4 is 70.3 Å². The number of rotatable bonds is 18. The summed E-state index contributed by atoms with van der Waals surface area (Å²) in [6.07, 6.45) is -0.783. The quantitative estimate of drug-likeness (QED) is 0.0139. The van der Waals surface area contributed by atoms with E-state index in [9.17, 15) is 33.6 Å². The number of ether oxygens (including phenoxy) is 5. The zero-order chi connectivity index (χ0) is 60.2. The summed E-state index contributed by atoms with van der Waals surface area (Å²) in [6, 6.07) is 16.6. The maximum absolute atomic E-state index is 14.5. The zero-order valence-corrected chi connectivity index (χ0v) is 49.6. The summed E-state index contributed by atoms with van der Waals surface area (Å²) in [7, 11) is 1.57. The SMILES string of the molecule is CN(Cc1cnn(C[C@H]2NC(=O)[C@H]2NC(=O)/C(=N\OC2(C(=O)OC(c3ccccc3)c3ccccc3)CCCC2)c2csc(NC(=O)OC(C)(C)C)n2)n1)C(=NC(=O)OC(C)(C)C)N(CCCNC(=O)OC(C)(C)C)C(=O)OC(C)(C)C. The van der Waals surface area contributed by atoms with Gasteiger partial charge in [0.05, 0.1) is 25.3 Å². The minimum Gasteiger partial charge on any atom is -0.450 e. The number of carbonyl (C=O) groups is 7. The number of anilines is 1. The third-order valence-corrected chi connectivity index (χ3v) is 12.5. The van der Waals surface area contributed by atoms with Crippen molar-refractivity contribution in [1.82, 2.24) is 45.7 Å². The first-order chi connectivity index (χ1) is 38.4. The molecular weight excluding hydrogens is 1080 g/mol. The van der Waals surface area contributed by atoms with E-state index in [1.54, 1.807) is 90.1 Å². The van der Waals surface area contributed by atoms with Crippen molar-refractivity contribution in [3.8, 4) is 0 Å². The number of oxime groups is 1. The Morgan fingerprint density at radius 3 is 1.98 bits per heavy atom. The van der Waals surface area contributed by atoms with Crippen LogP contribution in [-0.2, 0) is 56.0 Å². The summed E-state index contributed by atoms with van der Waals surface area (Å²) in [5, 5.41) is 25.6. The highest BCUT2D eigenvalue weighted by Crippen LogP contribution is 2.38. The molecule has 2 fully saturated rings.